The number of piperazine rings is 1. The van der Waals surface area contributed by atoms with E-state index >= 15 is 0 Å². The number of hydrogen-bond donors (Lipinski definition) is 1. The van der Waals surface area contributed by atoms with Crippen LogP contribution in [-0.4, -0.2) is 76.7 Å². The number of benzene rings is 1. The Morgan fingerprint density at radius 2 is 1.80 bits per heavy atom. The van der Waals surface area contributed by atoms with Gasteiger partial charge in [0, 0.05) is 49.2 Å². The molecule has 4 rings (SSSR count). The Kier molecular flexibility index (Phi) is 8.68. The number of hydrogen-bond acceptors (Lipinski definition) is 8. The first kappa shape index (κ1) is 29.3. The summed E-state index contributed by atoms with van der Waals surface area (Å²) in [4.78, 5) is 48.5. The molecule has 1 aliphatic heterocycles. The molecule has 0 bridgehead atoms. The smallest absolute Gasteiger partial charge is 0.410 e. The summed E-state index contributed by atoms with van der Waals surface area (Å²) < 4.78 is 5.48. The SMILES string of the molecule is CC(C)CCN(C(=O)NC1(C#N)CC1)C(=O)c1ccc(-c2csc(N3CCN(C(=O)OC(C)(C)C)CC3)n2)cc1. The number of imide groups is 1. The molecule has 0 unspecified atom stereocenters. The molecule has 10 nitrogen and oxygen atoms in total. The number of aromatic nitrogens is 1. The van der Waals surface area contributed by atoms with Crippen molar-refractivity contribution in [3.05, 3.63) is 35.2 Å². The number of urea groups is 1. The van der Waals surface area contributed by atoms with Crippen LogP contribution in [0.2, 0.25) is 0 Å². The van der Waals surface area contributed by atoms with Crippen molar-refractivity contribution in [2.75, 3.05) is 37.6 Å². The Morgan fingerprint density at radius 3 is 2.35 bits per heavy atom. The highest BCUT2D eigenvalue weighted by molar-refractivity contribution is 7.14. The summed E-state index contributed by atoms with van der Waals surface area (Å²) >= 11 is 1.54. The highest BCUT2D eigenvalue weighted by Gasteiger charge is 2.46. The van der Waals surface area contributed by atoms with Crippen LogP contribution in [0.3, 0.4) is 0 Å². The average Bonchev–Trinajstić information content (AvgIpc) is 3.50. The van der Waals surface area contributed by atoms with Crippen LogP contribution in [-0.2, 0) is 4.74 Å². The lowest BCUT2D eigenvalue weighted by atomic mass is 10.1. The van der Waals surface area contributed by atoms with Crippen molar-refractivity contribution >= 4 is 34.5 Å². The zero-order valence-corrected chi connectivity index (χ0v) is 24.7. The topological polar surface area (TPSA) is 119 Å². The van der Waals surface area contributed by atoms with Crippen molar-refractivity contribution in [2.45, 2.75) is 65.0 Å². The van der Waals surface area contributed by atoms with Crippen molar-refractivity contribution in [2.24, 2.45) is 5.92 Å². The Hall–Kier alpha value is -3.65. The third-order valence-electron chi connectivity index (χ3n) is 6.85. The number of nitriles is 1. The minimum Gasteiger partial charge on any atom is -0.444 e. The highest BCUT2D eigenvalue weighted by Crippen LogP contribution is 2.34. The molecule has 2 aromatic rings. The van der Waals surface area contributed by atoms with E-state index in [1.54, 1.807) is 17.0 Å². The molecule has 2 aliphatic rings. The second-order valence-electron chi connectivity index (χ2n) is 11.8. The van der Waals surface area contributed by atoms with E-state index in [4.69, 9.17) is 9.72 Å². The lowest BCUT2D eigenvalue weighted by Crippen LogP contribution is -2.50. The summed E-state index contributed by atoms with van der Waals surface area (Å²) in [6, 6.07) is 8.72. The second kappa shape index (κ2) is 11.8. The van der Waals surface area contributed by atoms with Crippen molar-refractivity contribution in [3.63, 3.8) is 0 Å². The monoisotopic (exact) mass is 566 g/mol. The number of nitrogens with one attached hydrogen (secondary N) is 1. The molecule has 214 valence electrons. The first-order valence-corrected chi connectivity index (χ1v) is 14.6. The maximum atomic E-state index is 13.3. The van der Waals surface area contributed by atoms with Crippen LogP contribution < -0.4 is 10.2 Å². The summed E-state index contributed by atoms with van der Waals surface area (Å²) in [6.45, 7) is 12.4. The molecule has 0 spiro atoms. The zero-order valence-electron chi connectivity index (χ0n) is 23.9. The van der Waals surface area contributed by atoms with E-state index in [0.717, 1.165) is 16.4 Å². The molecule has 40 heavy (non-hydrogen) atoms. The molecule has 4 amide bonds. The lowest BCUT2D eigenvalue weighted by Gasteiger charge is -2.35. The number of rotatable bonds is 7. The summed E-state index contributed by atoms with van der Waals surface area (Å²) in [5.41, 5.74) is 0.702. The summed E-state index contributed by atoms with van der Waals surface area (Å²) in [5.74, 6) is -0.0734. The van der Waals surface area contributed by atoms with Crippen molar-refractivity contribution in [1.29, 1.82) is 5.26 Å². The number of thiazole rings is 1. The van der Waals surface area contributed by atoms with Crippen LogP contribution in [0.1, 0.15) is 64.2 Å². The Balaban J connectivity index is 1.39. The van der Waals surface area contributed by atoms with Gasteiger partial charge in [-0.05, 0) is 58.1 Å². The number of anilines is 1. The van der Waals surface area contributed by atoms with Gasteiger partial charge in [0.1, 0.15) is 11.1 Å². The van der Waals surface area contributed by atoms with Crippen LogP contribution in [0.5, 0.6) is 0 Å². The highest BCUT2D eigenvalue weighted by atomic mass is 32.1. The zero-order chi connectivity index (χ0) is 29.1. The number of ether oxygens (including phenoxy) is 1. The van der Waals surface area contributed by atoms with E-state index in [1.165, 1.54) is 16.2 Å². The first-order valence-electron chi connectivity index (χ1n) is 13.7. The van der Waals surface area contributed by atoms with Crippen molar-refractivity contribution in [1.82, 2.24) is 20.1 Å². The maximum absolute atomic E-state index is 13.3. The van der Waals surface area contributed by atoms with Gasteiger partial charge in [0.25, 0.3) is 5.91 Å². The molecule has 1 aliphatic carbocycles. The molecule has 1 aromatic heterocycles. The number of carbonyl (C=O) groups excluding carboxylic acids is 3. The first-order chi connectivity index (χ1) is 18.9. The molecule has 2 fully saturated rings. The maximum Gasteiger partial charge on any atom is 0.410 e. The van der Waals surface area contributed by atoms with E-state index in [0.29, 0.717) is 56.9 Å². The summed E-state index contributed by atoms with van der Waals surface area (Å²) in [6.07, 6.45) is 1.58. The molecule has 1 N–H and O–H groups in total. The van der Waals surface area contributed by atoms with Crippen LogP contribution in [0.4, 0.5) is 14.7 Å². The largest absolute Gasteiger partial charge is 0.444 e. The molecule has 1 aromatic carbocycles. The summed E-state index contributed by atoms with van der Waals surface area (Å²) in [7, 11) is 0. The van der Waals surface area contributed by atoms with Gasteiger partial charge < -0.3 is 19.9 Å². The van der Waals surface area contributed by atoms with Crippen molar-refractivity contribution < 1.29 is 19.1 Å². The molecule has 0 atom stereocenters. The van der Waals surface area contributed by atoms with Crippen LogP contribution in [0, 0.1) is 17.2 Å². The Morgan fingerprint density at radius 1 is 1.15 bits per heavy atom. The molecule has 11 heteroatoms. The number of carbonyl (C=O) groups is 3. The van der Waals surface area contributed by atoms with Gasteiger partial charge >= 0.3 is 12.1 Å². The number of nitrogens with zero attached hydrogens (tertiary/aromatic N) is 5. The molecule has 0 radical (unpaired) electrons. The normalized spacial score (nSPS) is 16.3. The van der Waals surface area contributed by atoms with Gasteiger partial charge in [-0.2, -0.15) is 5.26 Å². The molecule has 1 saturated heterocycles. The minimum atomic E-state index is -0.845. The standard InChI is InChI=1S/C29H38N6O4S/c1-20(2)10-13-35(25(37)32-29(19-30)11-12-29)24(36)22-8-6-21(7-9-22)23-18-40-26(31-23)33-14-16-34(17-15-33)27(38)39-28(3,4)5/h6-9,18,20H,10-17H2,1-5H3,(H,32,37). The predicted molar refractivity (Wildman–Crippen MR) is 154 cm³/mol. The molecule has 2 heterocycles. The molecular weight excluding hydrogens is 528 g/mol. The molecule has 1 saturated carbocycles. The fraction of sp³-hybridized carbons (Fsp3) is 0.552. The van der Waals surface area contributed by atoms with Crippen LogP contribution in [0.15, 0.2) is 29.6 Å². The molecular formula is C29H38N6O4S. The van der Waals surface area contributed by atoms with Gasteiger partial charge in [0.2, 0.25) is 0 Å². The van der Waals surface area contributed by atoms with E-state index < -0.39 is 17.2 Å². The van der Waals surface area contributed by atoms with Crippen LogP contribution in [0.25, 0.3) is 11.3 Å². The van der Waals surface area contributed by atoms with E-state index in [1.807, 2.05) is 52.1 Å². The third-order valence-corrected chi connectivity index (χ3v) is 7.75. The van der Waals surface area contributed by atoms with Crippen LogP contribution >= 0.6 is 11.3 Å². The summed E-state index contributed by atoms with van der Waals surface area (Å²) in [5, 5.41) is 15.0. The Bertz CT molecular complexity index is 1260. The fourth-order valence-corrected chi connectivity index (χ4v) is 5.12. The van der Waals surface area contributed by atoms with E-state index in [-0.39, 0.29) is 18.5 Å². The lowest BCUT2D eigenvalue weighted by molar-refractivity contribution is 0.0240. The van der Waals surface area contributed by atoms with Gasteiger partial charge in [-0.1, -0.05) is 26.0 Å². The predicted octanol–water partition coefficient (Wildman–Crippen LogP) is 5.12. The quantitative estimate of drug-likeness (QED) is 0.494. The Labute approximate surface area is 239 Å². The van der Waals surface area contributed by atoms with Gasteiger partial charge in [-0.25, -0.2) is 14.6 Å². The number of amides is 4. The van der Waals surface area contributed by atoms with Gasteiger partial charge in [-0.15, -0.1) is 11.3 Å². The second-order valence-corrected chi connectivity index (χ2v) is 12.6. The average molecular weight is 567 g/mol. The third kappa shape index (κ3) is 7.30. The van der Waals surface area contributed by atoms with Crippen molar-refractivity contribution in [3.8, 4) is 17.3 Å². The fourth-order valence-electron chi connectivity index (χ4n) is 4.23. The van der Waals surface area contributed by atoms with Gasteiger partial charge in [0.15, 0.2) is 5.13 Å². The van der Waals surface area contributed by atoms with Gasteiger partial charge in [-0.3, -0.25) is 9.69 Å². The van der Waals surface area contributed by atoms with Gasteiger partial charge in [0.05, 0.1) is 11.8 Å². The van der Waals surface area contributed by atoms with E-state index in [9.17, 15) is 19.6 Å². The van der Waals surface area contributed by atoms with E-state index in [2.05, 4.69) is 16.3 Å². The minimum absolute atomic E-state index is 0.280.